The third-order valence-electron chi connectivity index (χ3n) is 2.34. The Morgan fingerprint density at radius 3 is 2.53 bits per heavy atom. The SMILES string of the molecule is COc1cccc(COc2cccc(I)c2)c1. The lowest BCUT2D eigenvalue weighted by molar-refractivity contribution is 0.305. The van der Waals surface area contributed by atoms with Crippen LogP contribution in [0.5, 0.6) is 11.5 Å². The summed E-state index contributed by atoms with van der Waals surface area (Å²) in [6, 6.07) is 15.9. The Morgan fingerprint density at radius 2 is 1.76 bits per heavy atom. The summed E-state index contributed by atoms with van der Waals surface area (Å²) in [5.74, 6) is 1.74. The summed E-state index contributed by atoms with van der Waals surface area (Å²) in [6.45, 7) is 0.553. The van der Waals surface area contributed by atoms with E-state index in [1.165, 1.54) is 3.57 Å². The minimum absolute atomic E-state index is 0.553. The van der Waals surface area contributed by atoms with Gasteiger partial charge in [0.25, 0.3) is 0 Å². The highest BCUT2D eigenvalue weighted by Crippen LogP contribution is 2.18. The molecule has 2 aromatic rings. The van der Waals surface area contributed by atoms with Gasteiger partial charge in [0.2, 0.25) is 0 Å². The van der Waals surface area contributed by atoms with E-state index in [1.807, 2.05) is 48.5 Å². The molecular weight excluding hydrogens is 327 g/mol. The fourth-order valence-corrected chi connectivity index (χ4v) is 2.00. The van der Waals surface area contributed by atoms with Crippen molar-refractivity contribution in [2.45, 2.75) is 6.61 Å². The lowest BCUT2D eigenvalue weighted by Crippen LogP contribution is -1.96. The highest BCUT2D eigenvalue weighted by molar-refractivity contribution is 14.1. The van der Waals surface area contributed by atoms with Gasteiger partial charge in [-0.25, -0.2) is 0 Å². The second-order valence-electron chi connectivity index (χ2n) is 3.60. The van der Waals surface area contributed by atoms with Gasteiger partial charge in [0.15, 0.2) is 0 Å². The molecule has 17 heavy (non-hydrogen) atoms. The molecule has 0 unspecified atom stereocenters. The van der Waals surface area contributed by atoms with E-state index in [1.54, 1.807) is 7.11 Å². The van der Waals surface area contributed by atoms with Crippen molar-refractivity contribution < 1.29 is 9.47 Å². The lowest BCUT2D eigenvalue weighted by atomic mass is 10.2. The van der Waals surface area contributed by atoms with Crippen LogP contribution in [0.1, 0.15) is 5.56 Å². The van der Waals surface area contributed by atoms with Crippen LogP contribution in [0.3, 0.4) is 0 Å². The molecule has 2 rings (SSSR count). The number of halogens is 1. The number of benzene rings is 2. The minimum Gasteiger partial charge on any atom is -0.497 e. The lowest BCUT2D eigenvalue weighted by Gasteiger charge is -2.07. The number of rotatable bonds is 4. The zero-order chi connectivity index (χ0) is 12.1. The molecule has 0 saturated carbocycles. The van der Waals surface area contributed by atoms with Crippen molar-refractivity contribution >= 4 is 22.6 Å². The highest BCUT2D eigenvalue weighted by Gasteiger charge is 1.98. The summed E-state index contributed by atoms with van der Waals surface area (Å²) in [4.78, 5) is 0. The van der Waals surface area contributed by atoms with Crippen LogP contribution < -0.4 is 9.47 Å². The maximum absolute atomic E-state index is 5.71. The molecule has 0 amide bonds. The Labute approximate surface area is 115 Å². The van der Waals surface area contributed by atoms with Gasteiger partial charge in [-0.05, 0) is 58.5 Å². The first-order valence-corrected chi connectivity index (χ1v) is 6.37. The number of hydrogen-bond donors (Lipinski definition) is 0. The van der Waals surface area contributed by atoms with E-state index in [4.69, 9.17) is 9.47 Å². The molecule has 0 aliphatic carbocycles. The topological polar surface area (TPSA) is 18.5 Å². The van der Waals surface area contributed by atoms with Gasteiger partial charge in [0.1, 0.15) is 18.1 Å². The fourth-order valence-electron chi connectivity index (χ4n) is 1.49. The van der Waals surface area contributed by atoms with E-state index in [-0.39, 0.29) is 0 Å². The Hall–Kier alpha value is -1.23. The highest BCUT2D eigenvalue weighted by atomic mass is 127. The van der Waals surface area contributed by atoms with Crippen LogP contribution in [0.25, 0.3) is 0 Å². The van der Waals surface area contributed by atoms with Gasteiger partial charge in [0.05, 0.1) is 7.11 Å². The summed E-state index contributed by atoms with van der Waals surface area (Å²) in [5, 5.41) is 0. The monoisotopic (exact) mass is 340 g/mol. The summed E-state index contributed by atoms with van der Waals surface area (Å²) in [7, 11) is 1.67. The van der Waals surface area contributed by atoms with E-state index in [0.717, 1.165) is 17.1 Å². The van der Waals surface area contributed by atoms with Crippen molar-refractivity contribution in [2.24, 2.45) is 0 Å². The van der Waals surface area contributed by atoms with E-state index in [2.05, 4.69) is 22.6 Å². The molecule has 0 atom stereocenters. The Balaban J connectivity index is 2.02. The standard InChI is InChI=1S/C14H13IO2/c1-16-13-6-2-4-11(8-13)10-17-14-7-3-5-12(15)9-14/h2-9H,10H2,1H3. The Morgan fingerprint density at radius 1 is 1.00 bits per heavy atom. The molecule has 0 N–H and O–H groups in total. The van der Waals surface area contributed by atoms with Crippen molar-refractivity contribution in [1.82, 2.24) is 0 Å². The second kappa shape index (κ2) is 5.91. The number of hydrogen-bond acceptors (Lipinski definition) is 2. The van der Waals surface area contributed by atoms with Crippen molar-refractivity contribution in [2.75, 3.05) is 7.11 Å². The molecule has 0 aliphatic heterocycles. The first kappa shape index (κ1) is 12.2. The maximum Gasteiger partial charge on any atom is 0.120 e. The Kier molecular flexibility index (Phi) is 4.25. The average Bonchev–Trinajstić information content (AvgIpc) is 2.37. The van der Waals surface area contributed by atoms with Crippen LogP contribution in [-0.2, 0) is 6.61 Å². The normalized spacial score (nSPS) is 10.0. The quantitative estimate of drug-likeness (QED) is 0.787. The molecule has 0 aromatic heterocycles. The fraction of sp³-hybridized carbons (Fsp3) is 0.143. The average molecular weight is 340 g/mol. The first-order chi connectivity index (χ1) is 8.28. The van der Waals surface area contributed by atoms with E-state index < -0.39 is 0 Å². The minimum atomic E-state index is 0.553. The maximum atomic E-state index is 5.71. The number of ether oxygens (including phenoxy) is 2. The smallest absolute Gasteiger partial charge is 0.120 e. The van der Waals surface area contributed by atoms with Crippen LogP contribution in [0.2, 0.25) is 0 Å². The molecular formula is C14H13IO2. The van der Waals surface area contributed by atoms with Crippen LogP contribution >= 0.6 is 22.6 Å². The molecule has 0 fully saturated rings. The Bertz CT molecular complexity index is 497. The zero-order valence-electron chi connectivity index (χ0n) is 9.52. The molecule has 3 heteroatoms. The molecule has 2 aromatic carbocycles. The van der Waals surface area contributed by atoms with Crippen LogP contribution in [0.15, 0.2) is 48.5 Å². The van der Waals surface area contributed by atoms with E-state index >= 15 is 0 Å². The van der Waals surface area contributed by atoms with E-state index in [0.29, 0.717) is 6.61 Å². The largest absolute Gasteiger partial charge is 0.497 e. The molecule has 0 spiro atoms. The van der Waals surface area contributed by atoms with Gasteiger partial charge in [-0.2, -0.15) is 0 Å². The second-order valence-corrected chi connectivity index (χ2v) is 4.84. The van der Waals surface area contributed by atoms with Crippen molar-refractivity contribution in [3.63, 3.8) is 0 Å². The summed E-state index contributed by atoms with van der Waals surface area (Å²) < 4.78 is 12.1. The number of methoxy groups -OCH3 is 1. The summed E-state index contributed by atoms with van der Waals surface area (Å²) in [6.07, 6.45) is 0. The van der Waals surface area contributed by atoms with Crippen molar-refractivity contribution in [1.29, 1.82) is 0 Å². The van der Waals surface area contributed by atoms with Crippen molar-refractivity contribution in [3.05, 3.63) is 57.7 Å². The predicted molar refractivity (Wildman–Crippen MR) is 76.5 cm³/mol. The zero-order valence-corrected chi connectivity index (χ0v) is 11.7. The van der Waals surface area contributed by atoms with Gasteiger partial charge in [-0.3, -0.25) is 0 Å². The summed E-state index contributed by atoms with van der Waals surface area (Å²) >= 11 is 2.27. The van der Waals surface area contributed by atoms with E-state index in [9.17, 15) is 0 Å². The predicted octanol–water partition coefficient (Wildman–Crippen LogP) is 3.88. The van der Waals surface area contributed by atoms with Gasteiger partial charge < -0.3 is 9.47 Å². The van der Waals surface area contributed by atoms with Gasteiger partial charge in [-0.15, -0.1) is 0 Å². The molecule has 0 aliphatic rings. The van der Waals surface area contributed by atoms with Gasteiger partial charge in [0, 0.05) is 3.57 Å². The molecule has 0 radical (unpaired) electrons. The molecule has 88 valence electrons. The van der Waals surface area contributed by atoms with Crippen molar-refractivity contribution in [3.8, 4) is 11.5 Å². The molecule has 0 heterocycles. The third kappa shape index (κ3) is 3.63. The summed E-state index contributed by atoms with van der Waals surface area (Å²) in [5.41, 5.74) is 1.10. The third-order valence-corrected chi connectivity index (χ3v) is 3.01. The van der Waals surface area contributed by atoms with Gasteiger partial charge >= 0.3 is 0 Å². The van der Waals surface area contributed by atoms with Crippen LogP contribution in [-0.4, -0.2) is 7.11 Å². The molecule has 0 saturated heterocycles. The molecule has 0 bridgehead atoms. The molecule has 2 nitrogen and oxygen atoms in total. The van der Waals surface area contributed by atoms with Crippen LogP contribution in [0, 0.1) is 3.57 Å². The first-order valence-electron chi connectivity index (χ1n) is 5.29. The van der Waals surface area contributed by atoms with Crippen LogP contribution in [0.4, 0.5) is 0 Å². The van der Waals surface area contributed by atoms with Gasteiger partial charge in [-0.1, -0.05) is 18.2 Å².